The van der Waals surface area contributed by atoms with E-state index in [4.69, 9.17) is 0 Å². The number of amides is 2. The Bertz CT molecular complexity index is 883. The van der Waals surface area contributed by atoms with Gasteiger partial charge >= 0.3 is 0 Å². The summed E-state index contributed by atoms with van der Waals surface area (Å²) in [5.74, 6) is 0.355. The lowest BCUT2D eigenvalue weighted by Crippen LogP contribution is -2.55. The lowest BCUT2D eigenvalue weighted by atomic mass is 9.83. The van der Waals surface area contributed by atoms with Gasteiger partial charge in [0.2, 0.25) is 11.8 Å². The Morgan fingerprint density at radius 1 is 0.742 bits per heavy atom. The average Bonchev–Trinajstić information content (AvgIpc) is 3.36. The van der Waals surface area contributed by atoms with E-state index in [2.05, 4.69) is 17.0 Å². The lowest BCUT2D eigenvalue weighted by molar-refractivity contribution is -0.141. The summed E-state index contributed by atoms with van der Waals surface area (Å²) >= 11 is 0. The van der Waals surface area contributed by atoms with Crippen LogP contribution in [-0.4, -0.2) is 65.8 Å². The molecule has 0 N–H and O–H groups in total. The fourth-order valence-electron chi connectivity index (χ4n) is 4.81. The highest BCUT2D eigenvalue weighted by Crippen LogP contribution is 2.29. The minimum absolute atomic E-state index is 0.153. The van der Waals surface area contributed by atoms with Crippen LogP contribution in [0, 0.1) is 0 Å². The molecule has 0 aliphatic carbocycles. The molecule has 5 heteroatoms. The molecule has 31 heavy (non-hydrogen) atoms. The van der Waals surface area contributed by atoms with Gasteiger partial charge in [-0.05, 0) is 37.8 Å². The van der Waals surface area contributed by atoms with Crippen molar-refractivity contribution < 1.29 is 9.59 Å². The Kier molecular flexibility index (Phi) is 6.42. The molecule has 2 heterocycles. The van der Waals surface area contributed by atoms with Crippen molar-refractivity contribution >= 4 is 11.8 Å². The van der Waals surface area contributed by atoms with Crippen LogP contribution in [0.5, 0.6) is 0 Å². The van der Waals surface area contributed by atoms with E-state index in [-0.39, 0.29) is 17.9 Å². The van der Waals surface area contributed by atoms with Crippen LogP contribution in [0.1, 0.15) is 43.9 Å². The summed E-state index contributed by atoms with van der Waals surface area (Å²) < 4.78 is 0. The Balaban J connectivity index is 1.47. The zero-order chi connectivity index (χ0) is 21.8. The summed E-state index contributed by atoms with van der Waals surface area (Å²) in [5, 5.41) is 0. The summed E-state index contributed by atoms with van der Waals surface area (Å²) in [4.78, 5) is 33.0. The van der Waals surface area contributed by atoms with E-state index in [1.54, 1.807) is 0 Å². The molecular weight excluding hydrogens is 386 g/mol. The van der Waals surface area contributed by atoms with Crippen molar-refractivity contribution in [2.24, 2.45) is 0 Å². The van der Waals surface area contributed by atoms with Gasteiger partial charge in [0.25, 0.3) is 0 Å². The normalized spacial score (nSPS) is 18.8. The molecule has 0 aromatic heterocycles. The molecule has 1 unspecified atom stereocenters. The standard InChI is InChI=1S/C26H33N3O2/c1-26(2,22-13-7-4-8-14-22)25(31)29-19-17-27(18-20-29)23(21-11-5-3-6-12-21)24(30)28-15-9-10-16-28/h3-8,11-14,23H,9-10,15-20H2,1-2H3. The number of likely N-dealkylation sites (tertiary alicyclic amines) is 1. The third-order valence-corrected chi connectivity index (χ3v) is 6.76. The van der Waals surface area contributed by atoms with Gasteiger partial charge in [0, 0.05) is 39.3 Å². The maximum Gasteiger partial charge on any atom is 0.244 e. The van der Waals surface area contributed by atoms with E-state index in [0.717, 1.165) is 37.1 Å². The van der Waals surface area contributed by atoms with E-state index in [0.29, 0.717) is 26.2 Å². The predicted octanol–water partition coefficient (Wildman–Crippen LogP) is 3.47. The zero-order valence-electron chi connectivity index (χ0n) is 18.7. The predicted molar refractivity (Wildman–Crippen MR) is 123 cm³/mol. The Hall–Kier alpha value is -2.66. The van der Waals surface area contributed by atoms with Gasteiger partial charge in [-0.25, -0.2) is 0 Å². The molecule has 0 bridgehead atoms. The molecule has 2 aromatic carbocycles. The molecule has 2 fully saturated rings. The number of carbonyl (C=O) groups is 2. The number of piperazine rings is 1. The molecule has 0 saturated carbocycles. The van der Waals surface area contributed by atoms with Gasteiger partial charge in [0.05, 0.1) is 5.41 Å². The summed E-state index contributed by atoms with van der Waals surface area (Å²) in [7, 11) is 0. The first-order chi connectivity index (χ1) is 15.0. The van der Waals surface area contributed by atoms with Crippen LogP contribution in [0.4, 0.5) is 0 Å². The first-order valence-corrected chi connectivity index (χ1v) is 11.4. The molecule has 2 saturated heterocycles. The average molecular weight is 420 g/mol. The highest BCUT2D eigenvalue weighted by Gasteiger charge is 2.38. The third-order valence-electron chi connectivity index (χ3n) is 6.76. The monoisotopic (exact) mass is 419 g/mol. The molecule has 0 spiro atoms. The van der Waals surface area contributed by atoms with Crippen LogP contribution in [0.25, 0.3) is 0 Å². The summed E-state index contributed by atoms with van der Waals surface area (Å²) in [6.07, 6.45) is 2.17. The topological polar surface area (TPSA) is 43.9 Å². The van der Waals surface area contributed by atoms with Gasteiger partial charge in [-0.1, -0.05) is 60.7 Å². The van der Waals surface area contributed by atoms with Crippen LogP contribution >= 0.6 is 0 Å². The van der Waals surface area contributed by atoms with E-state index < -0.39 is 5.41 Å². The first-order valence-electron chi connectivity index (χ1n) is 11.4. The fourth-order valence-corrected chi connectivity index (χ4v) is 4.81. The number of benzene rings is 2. The fraction of sp³-hybridized carbons (Fsp3) is 0.462. The lowest BCUT2D eigenvalue weighted by Gasteiger charge is -2.42. The van der Waals surface area contributed by atoms with E-state index >= 15 is 0 Å². The van der Waals surface area contributed by atoms with Crippen LogP contribution in [0.2, 0.25) is 0 Å². The molecule has 5 nitrogen and oxygen atoms in total. The second kappa shape index (κ2) is 9.23. The van der Waals surface area contributed by atoms with Crippen LogP contribution in [-0.2, 0) is 15.0 Å². The van der Waals surface area contributed by atoms with Gasteiger partial charge in [-0.15, -0.1) is 0 Å². The van der Waals surface area contributed by atoms with Crippen molar-refractivity contribution in [2.75, 3.05) is 39.3 Å². The molecule has 2 aliphatic heterocycles. The minimum Gasteiger partial charge on any atom is -0.341 e. The van der Waals surface area contributed by atoms with Gasteiger partial charge in [0.1, 0.15) is 6.04 Å². The van der Waals surface area contributed by atoms with Crippen LogP contribution in [0.15, 0.2) is 60.7 Å². The van der Waals surface area contributed by atoms with Gasteiger partial charge in [0.15, 0.2) is 0 Å². The van der Waals surface area contributed by atoms with E-state index in [1.165, 1.54) is 0 Å². The molecule has 2 aromatic rings. The maximum absolute atomic E-state index is 13.4. The first kappa shape index (κ1) is 21.6. The number of carbonyl (C=O) groups excluding carboxylic acids is 2. The number of rotatable bonds is 5. The zero-order valence-corrected chi connectivity index (χ0v) is 18.7. The van der Waals surface area contributed by atoms with Gasteiger partial charge in [-0.2, -0.15) is 0 Å². The third kappa shape index (κ3) is 4.52. The largest absolute Gasteiger partial charge is 0.341 e. The second-order valence-corrected chi connectivity index (χ2v) is 9.16. The smallest absolute Gasteiger partial charge is 0.244 e. The summed E-state index contributed by atoms with van der Waals surface area (Å²) in [5.41, 5.74) is 1.52. The summed E-state index contributed by atoms with van der Waals surface area (Å²) in [6.45, 7) is 8.40. The van der Waals surface area contributed by atoms with Crippen LogP contribution < -0.4 is 0 Å². The Morgan fingerprint density at radius 3 is 1.87 bits per heavy atom. The Labute approximate surface area is 185 Å². The quantitative estimate of drug-likeness (QED) is 0.745. The van der Waals surface area contributed by atoms with Crippen molar-refractivity contribution in [2.45, 2.75) is 38.1 Å². The van der Waals surface area contributed by atoms with Crippen molar-refractivity contribution in [1.29, 1.82) is 0 Å². The summed E-state index contributed by atoms with van der Waals surface area (Å²) in [6, 6.07) is 19.8. The SMILES string of the molecule is CC(C)(C(=O)N1CCN(C(C(=O)N2CCCC2)c2ccccc2)CC1)c1ccccc1. The molecule has 4 rings (SSSR count). The van der Waals surface area contributed by atoms with Crippen molar-refractivity contribution in [3.8, 4) is 0 Å². The van der Waals surface area contributed by atoms with Crippen molar-refractivity contribution in [3.63, 3.8) is 0 Å². The van der Waals surface area contributed by atoms with Gasteiger partial charge < -0.3 is 9.80 Å². The minimum atomic E-state index is -0.562. The molecule has 164 valence electrons. The number of nitrogens with zero attached hydrogens (tertiary/aromatic N) is 3. The second-order valence-electron chi connectivity index (χ2n) is 9.16. The highest BCUT2D eigenvalue weighted by molar-refractivity contribution is 5.87. The molecule has 1 atom stereocenters. The van der Waals surface area contributed by atoms with Crippen LogP contribution in [0.3, 0.4) is 0 Å². The molecular formula is C26H33N3O2. The van der Waals surface area contributed by atoms with Crippen molar-refractivity contribution in [1.82, 2.24) is 14.7 Å². The molecule has 2 amide bonds. The Morgan fingerprint density at radius 2 is 1.29 bits per heavy atom. The molecule has 0 radical (unpaired) electrons. The molecule has 2 aliphatic rings. The highest BCUT2D eigenvalue weighted by atomic mass is 16.2. The van der Waals surface area contributed by atoms with E-state index in [9.17, 15) is 9.59 Å². The number of hydrogen-bond acceptors (Lipinski definition) is 3. The maximum atomic E-state index is 13.4. The van der Waals surface area contributed by atoms with Gasteiger partial charge in [-0.3, -0.25) is 14.5 Å². The van der Waals surface area contributed by atoms with E-state index in [1.807, 2.05) is 72.2 Å². The van der Waals surface area contributed by atoms with Crippen molar-refractivity contribution in [3.05, 3.63) is 71.8 Å². The number of hydrogen-bond donors (Lipinski definition) is 0.